The molecular weight excluding hydrogens is 334 g/mol. The predicted molar refractivity (Wildman–Crippen MR) is 120 cm³/mol. The lowest BCUT2D eigenvalue weighted by Crippen LogP contribution is -2.38. The Morgan fingerprint density at radius 2 is 1.00 bits per heavy atom. The molecule has 2 N–H and O–H groups in total. The van der Waals surface area contributed by atoms with Crippen LogP contribution < -0.4 is 5.73 Å². The second-order valence-corrected chi connectivity index (χ2v) is 14.5. The molecule has 0 saturated heterocycles. The molecular formula is C23H49NOSi. The maximum absolute atomic E-state index is 11.4. The third kappa shape index (κ3) is 14.8. The quantitative estimate of drug-likeness (QED) is 0.179. The summed E-state index contributed by atoms with van der Waals surface area (Å²) in [7, 11) is -1.45. The fourth-order valence-electron chi connectivity index (χ4n) is 3.73. The second-order valence-electron chi connectivity index (χ2n) is 9.17. The zero-order chi connectivity index (χ0) is 19.7. The van der Waals surface area contributed by atoms with Gasteiger partial charge in [0.1, 0.15) is 0 Å². The first kappa shape index (κ1) is 25.7. The smallest absolute Gasteiger partial charge is 0.217 e. The third-order valence-corrected chi connectivity index (χ3v) is 10.5. The van der Waals surface area contributed by atoms with Crippen molar-refractivity contribution in [3.63, 3.8) is 0 Å². The lowest BCUT2D eigenvalue weighted by molar-refractivity contribution is -0.117. The lowest BCUT2D eigenvalue weighted by atomic mass is 10.0. The van der Waals surface area contributed by atoms with E-state index < -0.39 is 8.07 Å². The molecule has 0 saturated carbocycles. The average molecular weight is 384 g/mol. The Morgan fingerprint density at radius 3 is 1.31 bits per heavy atom. The molecule has 0 aromatic rings. The van der Waals surface area contributed by atoms with E-state index in [0.717, 1.165) is 0 Å². The minimum Gasteiger partial charge on any atom is -0.370 e. The van der Waals surface area contributed by atoms with E-state index in [1.165, 1.54) is 109 Å². The van der Waals surface area contributed by atoms with Crippen molar-refractivity contribution < 1.29 is 4.79 Å². The normalized spacial score (nSPS) is 13.1. The molecule has 1 atom stereocenters. The summed E-state index contributed by atoms with van der Waals surface area (Å²) in [5, 5.41) is 0. The number of carbonyl (C=O) groups excluding carboxylic acids is 1. The molecule has 0 aliphatic carbocycles. The fraction of sp³-hybridized carbons (Fsp3) is 0.957. The van der Waals surface area contributed by atoms with Crippen molar-refractivity contribution in [2.75, 3.05) is 0 Å². The molecule has 0 fully saturated rings. The SMILES string of the molecule is CCCCCCCCCCCCCCCCCC[Si](C)(C)C(C)C(N)=O. The Labute approximate surface area is 166 Å². The van der Waals surface area contributed by atoms with Crippen molar-refractivity contribution in [2.45, 2.75) is 141 Å². The lowest BCUT2D eigenvalue weighted by Gasteiger charge is -2.27. The standard InChI is InChI=1S/C23H49NOSi/c1-5-6-7-8-9-10-11-12-13-14-15-16-17-18-19-20-21-26(3,4)22(2)23(24)25/h22H,5-21H2,1-4H3,(H2,24,25). The van der Waals surface area contributed by atoms with Gasteiger partial charge in [0.2, 0.25) is 5.91 Å². The molecule has 0 radical (unpaired) electrons. The Kier molecular flexibility index (Phi) is 16.6. The van der Waals surface area contributed by atoms with Gasteiger partial charge in [0, 0.05) is 5.54 Å². The van der Waals surface area contributed by atoms with E-state index in [-0.39, 0.29) is 11.4 Å². The molecule has 0 spiro atoms. The van der Waals surface area contributed by atoms with Crippen LogP contribution in [0.2, 0.25) is 24.7 Å². The molecule has 0 aromatic heterocycles. The molecule has 0 heterocycles. The molecule has 3 heteroatoms. The molecule has 156 valence electrons. The zero-order valence-corrected chi connectivity index (χ0v) is 19.6. The van der Waals surface area contributed by atoms with Gasteiger partial charge in [0.15, 0.2) is 0 Å². The van der Waals surface area contributed by atoms with Crippen LogP contribution in [0, 0.1) is 0 Å². The molecule has 0 bridgehead atoms. The van der Waals surface area contributed by atoms with Crippen LogP contribution in [0.4, 0.5) is 0 Å². The van der Waals surface area contributed by atoms with Crippen molar-refractivity contribution >= 4 is 14.0 Å². The monoisotopic (exact) mass is 383 g/mol. The van der Waals surface area contributed by atoms with Crippen LogP contribution in [0.3, 0.4) is 0 Å². The molecule has 1 amide bonds. The van der Waals surface area contributed by atoms with Crippen molar-refractivity contribution in [2.24, 2.45) is 5.73 Å². The molecule has 0 aliphatic heterocycles. The van der Waals surface area contributed by atoms with Gasteiger partial charge in [-0.3, -0.25) is 4.79 Å². The highest BCUT2D eigenvalue weighted by molar-refractivity contribution is 6.81. The number of hydrogen-bond donors (Lipinski definition) is 1. The van der Waals surface area contributed by atoms with E-state index in [4.69, 9.17) is 5.73 Å². The third-order valence-electron chi connectivity index (χ3n) is 6.27. The molecule has 0 rings (SSSR count). The van der Waals surface area contributed by atoms with Crippen molar-refractivity contribution in [3.8, 4) is 0 Å². The van der Waals surface area contributed by atoms with E-state index in [2.05, 4.69) is 20.0 Å². The second kappa shape index (κ2) is 16.8. The average Bonchev–Trinajstić information content (AvgIpc) is 2.60. The fourth-order valence-corrected chi connectivity index (χ4v) is 6.09. The van der Waals surface area contributed by atoms with Crippen molar-refractivity contribution in [1.29, 1.82) is 0 Å². The summed E-state index contributed by atoms with van der Waals surface area (Å²) in [4.78, 5) is 11.4. The molecule has 0 aromatic carbocycles. The number of carbonyl (C=O) groups is 1. The van der Waals surface area contributed by atoms with Gasteiger partial charge in [0.05, 0.1) is 8.07 Å². The molecule has 0 aliphatic rings. The zero-order valence-electron chi connectivity index (χ0n) is 18.6. The van der Waals surface area contributed by atoms with Gasteiger partial charge in [0.25, 0.3) is 0 Å². The summed E-state index contributed by atoms with van der Waals surface area (Å²) in [6, 6.07) is 1.25. The Balaban J connectivity index is 3.28. The van der Waals surface area contributed by atoms with Gasteiger partial charge in [-0.2, -0.15) is 0 Å². The number of amides is 1. The minimum atomic E-state index is -1.45. The van der Waals surface area contributed by atoms with Crippen LogP contribution in [-0.2, 0) is 4.79 Å². The predicted octanol–water partition coefficient (Wildman–Crippen LogP) is 7.83. The number of hydrogen-bond acceptors (Lipinski definition) is 1. The summed E-state index contributed by atoms with van der Waals surface area (Å²) in [5.41, 5.74) is 5.59. The first-order valence-corrected chi connectivity index (χ1v) is 15.0. The molecule has 2 nitrogen and oxygen atoms in total. The largest absolute Gasteiger partial charge is 0.370 e. The highest BCUT2D eigenvalue weighted by Gasteiger charge is 2.31. The van der Waals surface area contributed by atoms with Gasteiger partial charge in [-0.25, -0.2) is 0 Å². The number of primary amides is 1. The highest BCUT2D eigenvalue weighted by atomic mass is 28.3. The summed E-state index contributed by atoms with van der Waals surface area (Å²) in [5.74, 6) is -0.0989. The minimum absolute atomic E-state index is 0.0989. The van der Waals surface area contributed by atoms with E-state index in [0.29, 0.717) is 0 Å². The van der Waals surface area contributed by atoms with Crippen molar-refractivity contribution in [1.82, 2.24) is 0 Å². The van der Waals surface area contributed by atoms with Crippen LogP contribution >= 0.6 is 0 Å². The van der Waals surface area contributed by atoms with Crippen LogP contribution in [0.1, 0.15) is 117 Å². The summed E-state index contributed by atoms with van der Waals surface area (Å²) in [6.07, 6.45) is 22.6. The summed E-state index contributed by atoms with van der Waals surface area (Å²) in [6.45, 7) is 8.94. The van der Waals surface area contributed by atoms with Crippen LogP contribution in [-0.4, -0.2) is 14.0 Å². The highest BCUT2D eigenvalue weighted by Crippen LogP contribution is 2.27. The number of unbranched alkanes of at least 4 members (excludes halogenated alkanes) is 15. The van der Waals surface area contributed by atoms with E-state index in [1.807, 2.05) is 6.92 Å². The molecule has 26 heavy (non-hydrogen) atoms. The molecule has 1 unspecified atom stereocenters. The van der Waals surface area contributed by atoms with Gasteiger partial charge >= 0.3 is 0 Å². The maximum Gasteiger partial charge on any atom is 0.217 e. The van der Waals surface area contributed by atoms with Crippen LogP contribution in [0.5, 0.6) is 0 Å². The Bertz CT molecular complexity index is 330. The summed E-state index contributed by atoms with van der Waals surface area (Å²) < 4.78 is 0. The van der Waals surface area contributed by atoms with E-state index in [9.17, 15) is 4.79 Å². The first-order chi connectivity index (χ1) is 12.4. The van der Waals surface area contributed by atoms with Gasteiger partial charge < -0.3 is 5.73 Å². The first-order valence-electron chi connectivity index (χ1n) is 11.7. The van der Waals surface area contributed by atoms with Crippen molar-refractivity contribution in [3.05, 3.63) is 0 Å². The van der Waals surface area contributed by atoms with Crippen LogP contribution in [0.15, 0.2) is 0 Å². The van der Waals surface area contributed by atoms with Gasteiger partial charge in [-0.05, 0) is 0 Å². The van der Waals surface area contributed by atoms with Gasteiger partial charge in [-0.15, -0.1) is 0 Å². The van der Waals surface area contributed by atoms with E-state index in [1.54, 1.807) is 0 Å². The number of nitrogens with two attached hydrogens (primary N) is 1. The number of rotatable bonds is 19. The topological polar surface area (TPSA) is 43.1 Å². The van der Waals surface area contributed by atoms with E-state index >= 15 is 0 Å². The Morgan fingerprint density at radius 1 is 0.692 bits per heavy atom. The van der Waals surface area contributed by atoms with Gasteiger partial charge in [-0.1, -0.05) is 136 Å². The Hall–Kier alpha value is -0.313. The summed E-state index contributed by atoms with van der Waals surface area (Å²) >= 11 is 0. The van der Waals surface area contributed by atoms with Crippen LogP contribution in [0.25, 0.3) is 0 Å². The maximum atomic E-state index is 11.4.